The molecule has 1 rings (SSSR count). The SMILES string of the molecule is O=C1NCSCN1. The molecular weight excluding hydrogens is 112 g/mol. The predicted molar refractivity (Wildman–Crippen MR) is 29.0 cm³/mol. The molecule has 0 aromatic rings. The van der Waals surface area contributed by atoms with E-state index in [1.807, 2.05) is 0 Å². The van der Waals surface area contributed by atoms with Gasteiger partial charge in [-0.05, 0) is 0 Å². The Morgan fingerprint density at radius 1 is 1.43 bits per heavy atom. The minimum atomic E-state index is -0.0567. The topological polar surface area (TPSA) is 41.1 Å². The van der Waals surface area contributed by atoms with Crippen molar-refractivity contribution in [3.05, 3.63) is 0 Å². The van der Waals surface area contributed by atoms with Crippen molar-refractivity contribution >= 4 is 17.8 Å². The monoisotopic (exact) mass is 118 g/mol. The van der Waals surface area contributed by atoms with Crippen molar-refractivity contribution in [1.82, 2.24) is 10.6 Å². The summed E-state index contributed by atoms with van der Waals surface area (Å²) >= 11 is 1.66. The summed E-state index contributed by atoms with van der Waals surface area (Å²) in [5, 5.41) is 5.19. The van der Waals surface area contributed by atoms with Gasteiger partial charge in [-0.15, -0.1) is 11.8 Å². The number of hydrogen-bond donors (Lipinski definition) is 2. The molecule has 1 saturated heterocycles. The van der Waals surface area contributed by atoms with Crippen molar-refractivity contribution in [3.8, 4) is 0 Å². The number of rotatable bonds is 0. The van der Waals surface area contributed by atoms with Crippen molar-refractivity contribution < 1.29 is 4.79 Å². The van der Waals surface area contributed by atoms with Crippen LogP contribution in [0.2, 0.25) is 0 Å². The third kappa shape index (κ3) is 1.27. The van der Waals surface area contributed by atoms with Gasteiger partial charge in [-0.1, -0.05) is 0 Å². The summed E-state index contributed by atoms with van der Waals surface area (Å²) in [6.07, 6.45) is 0. The molecule has 0 radical (unpaired) electrons. The second-order valence-corrected chi connectivity index (χ2v) is 2.16. The summed E-state index contributed by atoms with van der Waals surface area (Å²) in [5.74, 6) is 1.48. The van der Waals surface area contributed by atoms with Crippen LogP contribution in [0.15, 0.2) is 0 Å². The fourth-order valence-corrected chi connectivity index (χ4v) is 0.915. The van der Waals surface area contributed by atoms with Gasteiger partial charge in [0.1, 0.15) is 0 Å². The standard InChI is InChI=1S/C3H6N2OS/c6-3-4-1-7-2-5-3/h1-2H2,(H2,4,5,6). The highest BCUT2D eigenvalue weighted by atomic mass is 32.2. The van der Waals surface area contributed by atoms with Gasteiger partial charge in [0.2, 0.25) is 0 Å². The molecular formula is C3H6N2OS. The summed E-state index contributed by atoms with van der Waals surface area (Å²) in [7, 11) is 0. The summed E-state index contributed by atoms with van der Waals surface area (Å²) < 4.78 is 0. The molecule has 2 amide bonds. The molecule has 0 bridgehead atoms. The lowest BCUT2D eigenvalue weighted by Gasteiger charge is -2.11. The van der Waals surface area contributed by atoms with Gasteiger partial charge in [0.05, 0.1) is 11.8 Å². The molecule has 0 aromatic carbocycles. The highest BCUT2D eigenvalue weighted by Crippen LogP contribution is 1.96. The number of thioether (sulfide) groups is 1. The van der Waals surface area contributed by atoms with Crippen LogP contribution in [0.25, 0.3) is 0 Å². The molecule has 1 heterocycles. The molecule has 1 aliphatic heterocycles. The molecule has 0 aliphatic carbocycles. The average molecular weight is 118 g/mol. The maximum Gasteiger partial charge on any atom is 0.316 e. The molecule has 40 valence electrons. The number of nitrogens with one attached hydrogen (secondary N) is 2. The Morgan fingerprint density at radius 2 is 2.00 bits per heavy atom. The molecule has 0 spiro atoms. The van der Waals surface area contributed by atoms with Crippen LogP contribution in [-0.4, -0.2) is 17.8 Å². The van der Waals surface area contributed by atoms with Crippen molar-refractivity contribution in [3.63, 3.8) is 0 Å². The van der Waals surface area contributed by atoms with Gasteiger partial charge >= 0.3 is 6.03 Å². The van der Waals surface area contributed by atoms with Crippen LogP contribution in [0.4, 0.5) is 4.79 Å². The first kappa shape index (κ1) is 4.77. The lowest BCUT2D eigenvalue weighted by Crippen LogP contribution is -2.39. The van der Waals surface area contributed by atoms with Gasteiger partial charge < -0.3 is 10.6 Å². The number of carbonyl (C=O) groups excluding carboxylic acids is 1. The minimum Gasteiger partial charge on any atom is -0.329 e. The summed E-state index contributed by atoms with van der Waals surface area (Å²) in [6.45, 7) is 0. The van der Waals surface area contributed by atoms with Crippen LogP contribution < -0.4 is 10.6 Å². The van der Waals surface area contributed by atoms with Crippen molar-refractivity contribution in [2.45, 2.75) is 0 Å². The lowest BCUT2D eigenvalue weighted by atomic mass is 10.9. The van der Waals surface area contributed by atoms with Crippen LogP contribution in [-0.2, 0) is 0 Å². The van der Waals surface area contributed by atoms with E-state index in [4.69, 9.17) is 0 Å². The molecule has 4 heteroatoms. The smallest absolute Gasteiger partial charge is 0.316 e. The van der Waals surface area contributed by atoms with Gasteiger partial charge in [-0.25, -0.2) is 4.79 Å². The molecule has 2 N–H and O–H groups in total. The van der Waals surface area contributed by atoms with Crippen molar-refractivity contribution in [2.75, 3.05) is 11.8 Å². The van der Waals surface area contributed by atoms with E-state index in [1.54, 1.807) is 11.8 Å². The van der Waals surface area contributed by atoms with Crippen molar-refractivity contribution in [1.29, 1.82) is 0 Å². The van der Waals surface area contributed by atoms with Crippen molar-refractivity contribution in [2.24, 2.45) is 0 Å². The zero-order valence-corrected chi connectivity index (χ0v) is 4.55. The molecule has 0 atom stereocenters. The normalized spacial score (nSPS) is 20.3. The van der Waals surface area contributed by atoms with E-state index in [-0.39, 0.29) is 6.03 Å². The van der Waals surface area contributed by atoms with E-state index < -0.39 is 0 Å². The second kappa shape index (κ2) is 2.07. The Hall–Kier alpha value is -0.380. The van der Waals surface area contributed by atoms with E-state index >= 15 is 0 Å². The summed E-state index contributed by atoms with van der Waals surface area (Å²) in [6, 6.07) is -0.0567. The van der Waals surface area contributed by atoms with Crippen LogP contribution >= 0.6 is 11.8 Å². The number of carbonyl (C=O) groups is 1. The van der Waals surface area contributed by atoms with Gasteiger partial charge in [-0.3, -0.25) is 0 Å². The van der Waals surface area contributed by atoms with Crippen LogP contribution in [0, 0.1) is 0 Å². The number of hydrogen-bond acceptors (Lipinski definition) is 2. The molecule has 7 heavy (non-hydrogen) atoms. The zero-order valence-electron chi connectivity index (χ0n) is 3.73. The highest BCUT2D eigenvalue weighted by molar-refractivity contribution is 7.99. The quantitative estimate of drug-likeness (QED) is 0.468. The van der Waals surface area contributed by atoms with Crippen LogP contribution in [0.5, 0.6) is 0 Å². The van der Waals surface area contributed by atoms with E-state index in [0.717, 1.165) is 11.8 Å². The third-order valence-corrected chi connectivity index (χ3v) is 1.37. The molecule has 0 aromatic heterocycles. The first-order valence-corrected chi connectivity index (χ1v) is 3.14. The molecule has 0 saturated carbocycles. The summed E-state index contributed by atoms with van der Waals surface area (Å²) in [5.41, 5.74) is 0. The average Bonchev–Trinajstić information content (AvgIpc) is 1.69. The molecule has 0 unspecified atom stereocenters. The predicted octanol–water partition coefficient (Wildman–Crippen LogP) is -0.0526. The largest absolute Gasteiger partial charge is 0.329 e. The second-order valence-electron chi connectivity index (χ2n) is 1.18. The number of amides is 2. The van der Waals surface area contributed by atoms with Crippen LogP contribution in [0.1, 0.15) is 0 Å². The molecule has 1 aliphatic rings. The van der Waals surface area contributed by atoms with E-state index in [9.17, 15) is 4.79 Å². The Kier molecular flexibility index (Phi) is 1.41. The lowest BCUT2D eigenvalue weighted by molar-refractivity contribution is 0.243. The minimum absolute atomic E-state index is 0.0567. The maximum atomic E-state index is 10.2. The van der Waals surface area contributed by atoms with E-state index in [2.05, 4.69) is 10.6 Å². The van der Waals surface area contributed by atoms with Gasteiger partial charge in [0.15, 0.2) is 0 Å². The van der Waals surface area contributed by atoms with E-state index in [0.29, 0.717) is 0 Å². The van der Waals surface area contributed by atoms with Gasteiger partial charge in [-0.2, -0.15) is 0 Å². The Labute approximate surface area is 45.8 Å². The molecule has 3 nitrogen and oxygen atoms in total. The summed E-state index contributed by atoms with van der Waals surface area (Å²) in [4.78, 5) is 10.2. The fraction of sp³-hybridized carbons (Fsp3) is 0.667. The molecule has 1 fully saturated rings. The first-order chi connectivity index (χ1) is 3.39. The number of urea groups is 1. The van der Waals surface area contributed by atoms with Gasteiger partial charge in [0, 0.05) is 0 Å². The Bertz CT molecular complexity index is 77.0. The maximum absolute atomic E-state index is 10.2. The highest BCUT2D eigenvalue weighted by Gasteiger charge is 2.02. The fourth-order valence-electron chi connectivity index (χ4n) is 0.347. The Morgan fingerprint density at radius 3 is 2.29 bits per heavy atom. The van der Waals surface area contributed by atoms with E-state index in [1.165, 1.54) is 0 Å². The zero-order chi connectivity index (χ0) is 5.11. The Balaban J connectivity index is 2.25. The van der Waals surface area contributed by atoms with Crippen LogP contribution in [0.3, 0.4) is 0 Å². The van der Waals surface area contributed by atoms with Gasteiger partial charge in [0.25, 0.3) is 0 Å². The third-order valence-electron chi connectivity index (χ3n) is 0.670. The first-order valence-electron chi connectivity index (χ1n) is 1.99.